The highest BCUT2D eigenvalue weighted by molar-refractivity contribution is 8.00. The third-order valence-electron chi connectivity index (χ3n) is 5.09. The number of carbonyl (C=O) groups excluding carboxylic acids is 2. The quantitative estimate of drug-likeness (QED) is 0.831. The van der Waals surface area contributed by atoms with E-state index in [9.17, 15) is 9.59 Å². The van der Waals surface area contributed by atoms with Gasteiger partial charge < -0.3 is 14.8 Å². The fourth-order valence-electron chi connectivity index (χ4n) is 3.86. The van der Waals surface area contributed by atoms with Gasteiger partial charge in [-0.25, -0.2) is 4.79 Å². The maximum Gasteiger partial charge on any atom is 0.407 e. The zero-order valence-electron chi connectivity index (χ0n) is 14.5. The number of hydrogen-bond acceptors (Lipinski definition) is 5. The number of nitrogens with one attached hydrogen (secondary N) is 1. The molecule has 136 valence electrons. The number of fused-ring (bicyclic) bond motifs is 1. The number of benzene rings is 1. The van der Waals surface area contributed by atoms with Crippen LogP contribution in [0.3, 0.4) is 0 Å². The second kappa shape index (κ2) is 8.61. The van der Waals surface area contributed by atoms with E-state index >= 15 is 0 Å². The van der Waals surface area contributed by atoms with Gasteiger partial charge in [-0.1, -0.05) is 43.2 Å². The average molecular weight is 363 g/mol. The fraction of sp³-hybridized carbons (Fsp3) is 0.579. The Morgan fingerprint density at radius 1 is 1.20 bits per heavy atom. The van der Waals surface area contributed by atoms with Crippen molar-refractivity contribution in [2.75, 3.05) is 12.9 Å². The molecule has 2 aliphatic rings. The number of esters is 1. The van der Waals surface area contributed by atoms with Gasteiger partial charge in [0.05, 0.1) is 13.0 Å². The predicted molar refractivity (Wildman–Crippen MR) is 97.3 cm³/mol. The van der Waals surface area contributed by atoms with Crippen LogP contribution < -0.4 is 5.32 Å². The number of hydrogen-bond donors (Lipinski definition) is 1. The van der Waals surface area contributed by atoms with Gasteiger partial charge in [-0.3, -0.25) is 4.79 Å². The third-order valence-corrected chi connectivity index (χ3v) is 6.59. The van der Waals surface area contributed by atoms with Crippen LogP contribution >= 0.6 is 11.8 Å². The summed E-state index contributed by atoms with van der Waals surface area (Å²) in [5, 5.41) is 3.18. The van der Waals surface area contributed by atoms with Gasteiger partial charge >= 0.3 is 12.1 Å². The Kier molecular flexibility index (Phi) is 6.24. The number of alkyl carbamates (subject to hydrolysis) is 1. The molecule has 4 atom stereocenters. The molecule has 1 saturated carbocycles. The average Bonchev–Trinajstić information content (AvgIpc) is 2.89. The molecule has 1 N–H and O–H groups in total. The molecule has 0 radical (unpaired) electrons. The lowest BCUT2D eigenvalue weighted by Crippen LogP contribution is -2.39. The van der Waals surface area contributed by atoms with Crippen LogP contribution in [0.5, 0.6) is 0 Å². The van der Waals surface area contributed by atoms with E-state index in [0.717, 1.165) is 37.0 Å². The first-order chi connectivity index (χ1) is 12.2. The summed E-state index contributed by atoms with van der Waals surface area (Å²) < 4.78 is 10.7. The maximum absolute atomic E-state index is 12.2. The Morgan fingerprint density at radius 2 is 1.96 bits per heavy atom. The van der Waals surface area contributed by atoms with Crippen LogP contribution in [0.4, 0.5) is 4.79 Å². The van der Waals surface area contributed by atoms with Gasteiger partial charge in [0.15, 0.2) is 0 Å². The first-order valence-electron chi connectivity index (χ1n) is 8.87. The highest BCUT2D eigenvalue weighted by Gasteiger charge is 2.47. The Labute approximate surface area is 152 Å². The summed E-state index contributed by atoms with van der Waals surface area (Å²) in [5.41, 5.74) is 1.03. The van der Waals surface area contributed by atoms with Crippen LogP contribution in [0.15, 0.2) is 30.3 Å². The maximum atomic E-state index is 12.2. The van der Waals surface area contributed by atoms with E-state index in [0.29, 0.717) is 11.8 Å². The molecule has 1 saturated heterocycles. The lowest BCUT2D eigenvalue weighted by molar-refractivity contribution is -0.149. The largest absolute Gasteiger partial charge is 0.469 e. The van der Waals surface area contributed by atoms with E-state index in [-0.39, 0.29) is 23.9 Å². The number of carbonyl (C=O) groups is 2. The van der Waals surface area contributed by atoms with E-state index in [1.807, 2.05) is 42.1 Å². The van der Waals surface area contributed by atoms with Gasteiger partial charge in [-0.15, -0.1) is 0 Å². The van der Waals surface area contributed by atoms with Crippen molar-refractivity contribution < 1.29 is 19.1 Å². The second-order valence-corrected chi connectivity index (χ2v) is 7.92. The van der Waals surface area contributed by atoms with E-state index in [1.165, 1.54) is 7.11 Å². The Balaban J connectivity index is 1.60. The minimum absolute atomic E-state index is 0.0578. The molecular weight excluding hydrogens is 338 g/mol. The highest BCUT2D eigenvalue weighted by Crippen LogP contribution is 2.45. The molecule has 0 aromatic heterocycles. The number of rotatable bonds is 4. The van der Waals surface area contributed by atoms with Gasteiger partial charge in [-0.05, 0) is 18.4 Å². The third kappa shape index (κ3) is 4.48. The van der Waals surface area contributed by atoms with Crippen molar-refractivity contribution in [2.24, 2.45) is 11.8 Å². The molecule has 1 aromatic rings. The summed E-state index contributed by atoms with van der Waals surface area (Å²) in [6.07, 6.45) is 3.40. The van der Waals surface area contributed by atoms with Crippen LogP contribution in [0.1, 0.15) is 31.2 Å². The molecule has 25 heavy (non-hydrogen) atoms. The highest BCUT2D eigenvalue weighted by atomic mass is 32.2. The summed E-state index contributed by atoms with van der Waals surface area (Å²) in [7, 11) is 1.44. The van der Waals surface area contributed by atoms with Gasteiger partial charge in [0.1, 0.15) is 6.10 Å². The topological polar surface area (TPSA) is 64.6 Å². The zero-order valence-corrected chi connectivity index (χ0v) is 15.3. The molecule has 3 rings (SSSR count). The van der Waals surface area contributed by atoms with Crippen molar-refractivity contribution in [3.8, 4) is 0 Å². The molecule has 1 amide bonds. The predicted octanol–water partition coefficient (Wildman–Crippen LogP) is 3.38. The minimum Gasteiger partial charge on any atom is -0.469 e. The first kappa shape index (κ1) is 18.1. The Bertz CT molecular complexity index is 594. The van der Waals surface area contributed by atoms with Gasteiger partial charge in [0, 0.05) is 23.5 Å². The van der Waals surface area contributed by atoms with Crippen LogP contribution in [0.25, 0.3) is 0 Å². The van der Waals surface area contributed by atoms with E-state index in [1.54, 1.807) is 0 Å². The molecule has 4 unspecified atom stereocenters. The second-order valence-electron chi connectivity index (χ2n) is 6.65. The van der Waals surface area contributed by atoms with Crippen molar-refractivity contribution in [1.82, 2.24) is 5.32 Å². The summed E-state index contributed by atoms with van der Waals surface area (Å²) in [6.45, 7) is 0.439. The molecule has 6 heteroatoms. The SMILES string of the molecule is COC(=O)C1CCCCC2SCC(OC(=O)NCc3ccccc3)C21. The molecule has 0 spiro atoms. The molecule has 5 nitrogen and oxygen atoms in total. The summed E-state index contributed by atoms with van der Waals surface area (Å²) in [6, 6.07) is 9.73. The molecule has 1 heterocycles. The number of ether oxygens (including phenoxy) is 2. The first-order valence-corrected chi connectivity index (χ1v) is 9.91. The molecule has 0 bridgehead atoms. The van der Waals surface area contributed by atoms with Crippen LogP contribution in [-0.4, -0.2) is 36.3 Å². The van der Waals surface area contributed by atoms with E-state index in [4.69, 9.17) is 9.47 Å². The van der Waals surface area contributed by atoms with Crippen molar-refractivity contribution >= 4 is 23.8 Å². The van der Waals surface area contributed by atoms with Crippen LogP contribution in [-0.2, 0) is 20.8 Å². The van der Waals surface area contributed by atoms with Gasteiger partial charge in [-0.2, -0.15) is 11.8 Å². The van der Waals surface area contributed by atoms with Crippen molar-refractivity contribution in [2.45, 2.75) is 43.6 Å². The van der Waals surface area contributed by atoms with Crippen LogP contribution in [0, 0.1) is 11.8 Å². The van der Waals surface area contributed by atoms with E-state index in [2.05, 4.69) is 5.32 Å². The fourth-order valence-corrected chi connectivity index (χ4v) is 5.51. The smallest absolute Gasteiger partial charge is 0.407 e. The molecule has 1 aliphatic carbocycles. The van der Waals surface area contributed by atoms with E-state index < -0.39 is 6.09 Å². The minimum atomic E-state index is -0.414. The summed E-state index contributed by atoms with van der Waals surface area (Å²) >= 11 is 1.82. The molecular formula is C19H25NO4S. The number of thioether (sulfide) groups is 1. The Hall–Kier alpha value is -1.69. The molecule has 2 fully saturated rings. The Morgan fingerprint density at radius 3 is 2.72 bits per heavy atom. The lowest BCUT2D eigenvalue weighted by Gasteiger charge is -2.28. The van der Waals surface area contributed by atoms with Crippen molar-refractivity contribution in [3.63, 3.8) is 0 Å². The molecule has 1 aliphatic heterocycles. The molecule has 1 aromatic carbocycles. The van der Waals surface area contributed by atoms with Gasteiger partial charge in [0.2, 0.25) is 0 Å². The number of methoxy groups -OCH3 is 1. The van der Waals surface area contributed by atoms with Crippen molar-refractivity contribution in [3.05, 3.63) is 35.9 Å². The standard InChI is InChI=1S/C19H25NO4S/c1-23-18(21)14-9-5-6-10-16-17(14)15(12-25-16)24-19(22)20-11-13-7-3-2-4-8-13/h2-4,7-8,14-17H,5-6,9-12H2,1H3,(H,20,22). The van der Waals surface area contributed by atoms with Gasteiger partial charge in [0.25, 0.3) is 0 Å². The monoisotopic (exact) mass is 363 g/mol. The van der Waals surface area contributed by atoms with Crippen LogP contribution in [0.2, 0.25) is 0 Å². The zero-order chi connectivity index (χ0) is 17.6. The lowest BCUT2D eigenvalue weighted by atomic mass is 9.84. The normalized spacial score (nSPS) is 28.5. The van der Waals surface area contributed by atoms with Crippen molar-refractivity contribution in [1.29, 1.82) is 0 Å². The summed E-state index contributed by atoms with van der Waals surface area (Å²) in [4.78, 5) is 24.4. The summed E-state index contributed by atoms with van der Waals surface area (Å²) in [5.74, 6) is 0.473. The number of amides is 1.